The van der Waals surface area contributed by atoms with Gasteiger partial charge in [-0.25, -0.2) is 0 Å². The average molecular weight is 703 g/mol. The zero-order valence-corrected chi connectivity index (χ0v) is 30.2. The molecule has 4 nitrogen and oxygen atoms in total. The first-order valence-corrected chi connectivity index (χ1v) is 18.6. The first kappa shape index (κ1) is 32.3. The zero-order valence-electron chi connectivity index (χ0n) is 30.2. The van der Waals surface area contributed by atoms with E-state index >= 15 is 0 Å². The van der Waals surface area contributed by atoms with Crippen molar-refractivity contribution in [3.05, 3.63) is 198 Å². The summed E-state index contributed by atoms with van der Waals surface area (Å²) in [6.45, 7) is 2.33. The first-order chi connectivity index (χ1) is 27.0. The summed E-state index contributed by atoms with van der Waals surface area (Å²) in [6, 6.07) is 59.7. The van der Waals surface area contributed by atoms with Gasteiger partial charge in [-0.2, -0.15) is 10.5 Å². The molecule has 2 heterocycles. The molecule has 1 unspecified atom stereocenters. The summed E-state index contributed by atoms with van der Waals surface area (Å²) < 4.78 is 4.63. The van der Waals surface area contributed by atoms with Crippen molar-refractivity contribution < 1.29 is 0 Å². The molecule has 1 atom stereocenters. The van der Waals surface area contributed by atoms with Crippen LogP contribution < -0.4 is 0 Å². The number of rotatable bonds is 5. The van der Waals surface area contributed by atoms with E-state index in [0.717, 1.165) is 40.0 Å². The summed E-state index contributed by atoms with van der Waals surface area (Å²) in [7, 11) is 0. The molecule has 55 heavy (non-hydrogen) atoms. The Labute approximate surface area is 319 Å². The van der Waals surface area contributed by atoms with Gasteiger partial charge in [0.15, 0.2) is 0 Å². The summed E-state index contributed by atoms with van der Waals surface area (Å²) in [5.41, 5.74) is 13.7. The van der Waals surface area contributed by atoms with E-state index in [1.54, 1.807) is 0 Å². The van der Waals surface area contributed by atoms with Gasteiger partial charge < -0.3 is 9.13 Å². The SMILES string of the molecule is CC1(c2ccc3c(c2)c2ccccc2n3-c2cccc(C#N)c2)C=CC(c2ccc3c(c2)c2ccccc2n3-c2cccc(-c3ccc(C#N)cc3)c2)=CC1. The van der Waals surface area contributed by atoms with Gasteiger partial charge in [0.25, 0.3) is 0 Å². The van der Waals surface area contributed by atoms with Crippen LogP contribution in [0.1, 0.15) is 35.6 Å². The highest BCUT2D eigenvalue weighted by Gasteiger charge is 2.27. The number of aromatic nitrogens is 2. The second-order valence-electron chi connectivity index (χ2n) is 14.7. The Morgan fingerprint density at radius 3 is 1.76 bits per heavy atom. The number of nitriles is 2. The summed E-state index contributed by atoms with van der Waals surface area (Å²) in [6.07, 6.45) is 7.95. The number of hydrogen-bond donors (Lipinski definition) is 0. The van der Waals surface area contributed by atoms with Gasteiger partial charge in [-0.1, -0.05) is 104 Å². The Bertz CT molecular complexity index is 3160. The van der Waals surface area contributed by atoms with Crippen molar-refractivity contribution in [1.29, 1.82) is 10.5 Å². The number of allylic oxidation sites excluding steroid dienone is 4. The summed E-state index contributed by atoms with van der Waals surface area (Å²) >= 11 is 0. The van der Waals surface area contributed by atoms with Gasteiger partial charge in [0.05, 0.1) is 45.3 Å². The van der Waals surface area contributed by atoms with Crippen LogP contribution in [0.3, 0.4) is 0 Å². The van der Waals surface area contributed by atoms with Gasteiger partial charge in [-0.3, -0.25) is 0 Å². The maximum Gasteiger partial charge on any atom is 0.0992 e. The maximum absolute atomic E-state index is 9.59. The Hall–Kier alpha value is -7.40. The average Bonchev–Trinajstić information content (AvgIpc) is 3.76. The van der Waals surface area contributed by atoms with Crippen molar-refractivity contribution in [3.8, 4) is 34.6 Å². The first-order valence-electron chi connectivity index (χ1n) is 18.6. The molecule has 10 rings (SSSR count). The van der Waals surface area contributed by atoms with Crippen molar-refractivity contribution in [2.75, 3.05) is 0 Å². The van der Waals surface area contributed by atoms with E-state index in [1.807, 2.05) is 42.5 Å². The Morgan fingerprint density at radius 1 is 0.491 bits per heavy atom. The van der Waals surface area contributed by atoms with Crippen molar-refractivity contribution in [3.63, 3.8) is 0 Å². The van der Waals surface area contributed by atoms with E-state index in [0.29, 0.717) is 11.1 Å². The molecule has 0 saturated carbocycles. The van der Waals surface area contributed by atoms with Crippen LogP contribution in [0.5, 0.6) is 0 Å². The predicted octanol–water partition coefficient (Wildman–Crippen LogP) is 12.6. The van der Waals surface area contributed by atoms with Crippen molar-refractivity contribution in [2.45, 2.75) is 18.8 Å². The van der Waals surface area contributed by atoms with Crippen molar-refractivity contribution >= 4 is 49.2 Å². The molecule has 1 aliphatic rings. The van der Waals surface area contributed by atoms with E-state index in [2.05, 4.69) is 162 Å². The molecule has 0 amide bonds. The minimum absolute atomic E-state index is 0.165. The van der Waals surface area contributed by atoms with E-state index in [-0.39, 0.29) is 5.41 Å². The summed E-state index contributed by atoms with van der Waals surface area (Å²) in [5.74, 6) is 0. The van der Waals surface area contributed by atoms with Crippen LogP contribution in [-0.2, 0) is 5.41 Å². The predicted molar refractivity (Wildman–Crippen MR) is 226 cm³/mol. The topological polar surface area (TPSA) is 57.4 Å². The number of nitrogens with zero attached hydrogens (tertiary/aromatic N) is 4. The molecule has 0 bridgehead atoms. The van der Waals surface area contributed by atoms with Gasteiger partial charge in [-0.15, -0.1) is 0 Å². The summed E-state index contributed by atoms with van der Waals surface area (Å²) in [5, 5.41) is 23.7. The third kappa shape index (κ3) is 5.27. The van der Waals surface area contributed by atoms with Crippen molar-refractivity contribution in [2.24, 2.45) is 0 Å². The fourth-order valence-electron chi connectivity index (χ4n) is 8.47. The molecule has 0 radical (unpaired) electrons. The quantitative estimate of drug-likeness (QED) is 0.179. The Kier molecular flexibility index (Phi) is 7.41. The normalized spacial score (nSPS) is 15.4. The van der Waals surface area contributed by atoms with Crippen LogP contribution in [0.4, 0.5) is 0 Å². The lowest BCUT2D eigenvalue weighted by molar-refractivity contribution is 0.602. The molecule has 9 aromatic rings. The monoisotopic (exact) mass is 702 g/mol. The molecule has 2 aromatic heterocycles. The number of hydrogen-bond acceptors (Lipinski definition) is 2. The minimum atomic E-state index is -0.165. The third-order valence-corrected chi connectivity index (χ3v) is 11.4. The van der Waals surface area contributed by atoms with Gasteiger partial charge in [-0.05, 0) is 113 Å². The molecule has 258 valence electrons. The lowest BCUT2D eigenvalue weighted by Gasteiger charge is -2.29. The van der Waals surface area contributed by atoms with Gasteiger partial charge in [0.2, 0.25) is 0 Å². The van der Waals surface area contributed by atoms with Crippen LogP contribution >= 0.6 is 0 Å². The molecular formula is C51H34N4. The van der Waals surface area contributed by atoms with Crippen LogP contribution in [0.25, 0.3) is 71.7 Å². The van der Waals surface area contributed by atoms with Crippen LogP contribution in [-0.4, -0.2) is 9.13 Å². The lowest BCUT2D eigenvalue weighted by Crippen LogP contribution is -2.20. The Balaban J connectivity index is 1.00. The zero-order chi connectivity index (χ0) is 37.1. The van der Waals surface area contributed by atoms with Gasteiger partial charge in [0.1, 0.15) is 0 Å². The number of benzene rings is 7. The number of fused-ring (bicyclic) bond motifs is 6. The van der Waals surface area contributed by atoms with Gasteiger partial charge in [0, 0.05) is 38.3 Å². The van der Waals surface area contributed by atoms with Crippen LogP contribution in [0.15, 0.2) is 176 Å². The van der Waals surface area contributed by atoms with Crippen LogP contribution in [0.2, 0.25) is 0 Å². The molecule has 7 aromatic carbocycles. The van der Waals surface area contributed by atoms with Gasteiger partial charge >= 0.3 is 0 Å². The van der Waals surface area contributed by atoms with E-state index < -0.39 is 0 Å². The maximum atomic E-state index is 9.59. The smallest absolute Gasteiger partial charge is 0.0992 e. The molecule has 4 heteroatoms. The second kappa shape index (κ2) is 12.6. The molecular weight excluding hydrogens is 669 g/mol. The molecule has 0 fully saturated rings. The summed E-state index contributed by atoms with van der Waals surface area (Å²) in [4.78, 5) is 0. The minimum Gasteiger partial charge on any atom is -0.309 e. The number of para-hydroxylation sites is 2. The molecule has 0 spiro atoms. The third-order valence-electron chi connectivity index (χ3n) is 11.4. The van der Waals surface area contributed by atoms with Crippen molar-refractivity contribution in [1.82, 2.24) is 9.13 Å². The lowest BCUT2D eigenvalue weighted by atomic mass is 9.75. The second-order valence-corrected chi connectivity index (χ2v) is 14.7. The standard InChI is InChI=1S/C51H34N4/c1-51(40-21-23-50-46(31-40)44-13-3-5-15-48(44)54(50)41-10-6-8-35(28-41)33-53)26-24-37(25-27-51)39-20-22-49-45(30-39)43-12-2-4-14-47(43)55(49)42-11-7-9-38(29-42)36-18-16-34(32-52)17-19-36/h2-26,28-31H,27H2,1H3. The molecule has 0 N–H and O–H groups in total. The highest BCUT2D eigenvalue weighted by molar-refractivity contribution is 6.11. The highest BCUT2D eigenvalue weighted by Crippen LogP contribution is 2.41. The highest BCUT2D eigenvalue weighted by atomic mass is 15.0. The van der Waals surface area contributed by atoms with E-state index in [4.69, 9.17) is 0 Å². The largest absolute Gasteiger partial charge is 0.309 e. The van der Waals surface area contributed by atoms with E-state index in [1.165, 1.54) is 49.3 Å². The van der Waals surface area contributed by atoms with Crippen LogP contribution in [0, 0.1) is 22.7 Å². The van der Waals surface area contributed by atoms with E-state index in [9.17, 15) is 10.5 Å². The molecule has 0 aliphatic heterocycles. The Morgan fingerprint density at radius 2 is 1.09 bits per heavy atom. The fraction of sp³-hybridized carbons (Fsp3) is 0.0588. The molecule has 1 aliphatic carbocycles. The fourth-order valence-corrected chi connectivity index (χ4v) is 8.47. The molecule has 0 saturated heterocycles.